The number of benzene rings is 1. The molecule has 0 spiro atoms. The molecule has 68 valence electrons. The molecule has 0 N–H and O–H groups in total. The minimum atomic E-state index is 0.329. The molecule has 1 aromatic carbocycles. The predicted molar refractivity (Wildman–Crippen MR) is 52.5 cm³/mol. The van der Waals surface area contributed by atoms with Gasteiger partial charge >= 0.3 is 0 Å². The summed E-state index contributed by atoms with van der Waals surface area (Å²) in [6.45, 7) is 2.21. The zero-order valence-corrected chi connectivity index (χ0v) is 7.81. The van der Waals surface area contributed by atoms with Crippen LogP contribution in [-0.4, -0.2) is 6.29 Å². The largest absolute Gasteiger partial charge is 0.303 e. The number of hydrogen-bond donors (Lipinski definition) is 0. The predicted octanol–water partition coefficient (Wildman–Crippen LogP) is 2.63. The van der Waals surface area contributed by atoms with Crippen LogP contribution in [0.1, 0.15) is 24.8 Å². The third kappa shape index (κ3) is 1.64. The Bertz CT molecular complexity index is 291. The fourth-order valence-electron chi connectivity index (χ4n) is 1.97. The molecule has 3 atom stereocenters. The Labute approximate surface area is 78.8 Å². The summed E-state index contributed by atoms with van der Waals surface area (Å²) in [5.41, 5.74) is 1.36. The third-order valence-corrected chi connectivity index (χ3v) is 3.03. The molecule has 0 heterocycles. The molecule has 0 amide bonds. The van der Waals surface area contributed by atoms with Crippen molar-refractivity contribution in [2.24, 2.45) is 11.8 Å². The fraction of sp³-hybridized carbons (Fsp3) is 0.417. The molecule has 1 aliphatic carbocycles. The van der Waals surface area contributed by atoms with Gasteiger partial charge in [0.1, 0.15) is 6.29 Å². The van der Waals surface area contributed by atoms with Crippen LogP contribution in [0.3, 0.4) is 0 Å². The monoisotopic (exact) mass is 174 g/mol. The summed E-state index contributed by atoms with van der Waals surface area (Å²) in [6.07, 6.45) is 2.18. The van der Waals surface area contributed by atoms with Gasteiger partial charge in [0.2, 0.25) is 0 Å². The van der Waals surface area contributed by atoms with Gasteiger partial charge in [0.15, 0.2) is 0 Å². The quantitative estimate of drug-likeness (QED) is 0.644. The first-order chi connectivity index (χ1) is 6.33. The minimum Gasteiger partial charge on any atom is -0.303 e. The Balaban J connectivity index is 2.07. The molecule has 0 unspecified atom stereocenters. The van der Waals surface area contributed by atoms with Crippen molar-refractivity contribution >= 4 is 6.29 Å². The van der Waals surface area contributed by atoms with E-state index in [1.54, 1.807) is 0 Å². The maximum Gasteiger partial charge on any atom is 0.123 e. The summed E-state index contributed by atoms with van der Waals surface area (Å²) in [4.78, 5) is 10.5. The van der Waals surface area contributed by atoms with Gasteiger partial charge in [-0.3, -0.25) is 0 Å². The van der Waals surface area contributed by atoms with Crippen molar-refractivity contribution in [1.82, 2.24) is 0 Å². The third-order valence-electron chi connectivity index (χ3n) is 3.03. The number of carbonyl (C=O) groups is 1. The van der Waals surface area contributed by atoms with E-state index in [2.05, 4.69) is 31.2 Å². The topological polar surface area (TPSA) is 17.1 Å². The molecule has 0 saturated heterocycles. The number of aldehydes is 1. The summed E-state index contributed by atoms with van der Waals surface area (Å²) in [6, 6.07) is 10.4. The van der Waals surface area contributed by atoms with E-state index in [1.165, 1.54) is 5.56 Å². The Morgan fingerprint density at radius 3 is 2.62 bits per heavy atom. The minimum absolute atomic E-state index is 0.329. The van der Waals surface area contributed by atoms with Crippen molar-refractivity contribution in [3.63, 3.8) is 0 Å². The van der Waals surface area contributed by atoms with Crippen LogP contribution in [0.25, 0.3) is 0 Å². The zero-order valence-electron chi connectivity index (χ0n) is 7.81. The highest BCUT2D eigenvalue weighted by molar-refractivity contribution is 5.58. The van der Waals surface area contributed by atoms with E-state index in [1.807, 2.05) is 6.07 Å². The Morgan fingerprint density at radius 1 is 1.38 bits per heavy atom. The molecule has 1 nitrogen and oxygen atoms in total. The smallest absolute Gasteiger partial charge is 0.123 e. The molecule has 0 aromatic heterocycles. The second kappa shape index (κ2) is 3.33. The van der Waals surface area contributed by atoms with Crippen molar-refractivity contribution in [3.8, 4) is 0 Å². The van der Waals surface area contributed by atoms with Gasteiger partial charge in [-0.1, -0.05) is 37.3 Å². The van der Waals surface area contributed by atoms with Crippen molar-refractivity contribution in [2.75, 3.05) is 0 Å². The average molecular weight is 174 g/mol. The summed E-state index contributed by atoms with van der Waals surface area (Å²) >= 11 is 0. The second-order valence-electron chi connectivity index (χ2n) is 3.90. The first kappa shape index (κ1) is 8.49. The van der Waals surface area contributed by atoms with Gasteiger partial charge in [0.25, 0.3) is 0 Å². The molecule has 0 radical (unpaired) electrons. The van der Waals surface area contributed by atoms with Crippen LogP contribution in [0.5, 0.6) is 0 Å². The highest BCUT2D eigenvalue weighted by Crippen LogP contribution is 2.46. The lowest BCUT2D eigenvalue weighted by atomic mass is 9.95. The van der Waals surface area contributed by atoms with Gasteiger partial charge in [-0.05, 0) is 23.8 Å². The Hall–Kier alpha value is -1.11. The average Bonchev–Trinajstić information content (AvgIpc) is 2.97. The van der Waals surface area contributed by atoms with Crippen LogP contribution in [0.4, 0.5) is 0 Å². The molecule has 0 bridgehead atoms. The molecule has 13 heavy (non-hydrogen) atoms. The van der Waals surface area contributed by atoms with Gasteiger partial charge < -0.3 is 4.79 Å². The second-order valence-corrected chi connectivity index (χ2v) is 3.90. The standard InChI is InChI=1S/C12H14O/c1-9(12-7-11(12)8-13)10-5-3-2-4-6-10/h2-6,8-9,11-12H,7H2,1H3/t9-,11+,12+/m1/s1. The van der Waals surface area contributed by atoms with E-state index < -0.39 is 0 Å². The SMILES string of the molecule is C[C@H](c1ccccc1)[C@@H]1C[C@H]1C=O. The summed E-state index contributed by atoms with van der Waals surface area (Å²) in [5.74, 6) is 1.46. The number of rotatable bonds is 3. The zero-order chi connectivity index (χ0) is 9.26. The van der Waals surface area contributed by atoms with E-state index >= 15 is 0 Å². The van der Waals surface area contributed by atoms with Crippen LogP contribution < -0.4 is 0 Å². The first-order valence-electron chi connectivity index (χ1n) is 4.83. The lowest BCUT2D eigenvalue weighted by Gasteiger charge is -2.09. The summed E-state index contributed by atoms with van der Waals surface area (Å²) in [7, 11) is 0. The van der Waals surface area contributed by atoms with Crippen molar-refractivity contribution < 1.29 is 4.79 Å². The van der Waals surface area contributed by atoms with Crippen molar-refractivity contribution in [1.29, 1.82) is 0 Å². The van der Waals surface area contributed by atoms with E-state index in [0.29, 0.717) is 17.8 Å². The first-order valence-corrected chi connectivity index (χ1v) is 4.83. The maximum absolute atomic E-state index is 10.5. The van der Waals surface area contributed by atoms with Crippen LogP contribution in [-0.2, 0) is 4.79 Å². The van der Waals surface area contributed by atoms with Gasteiger partial charge in [-0.2, -0.15) is 0 Å². The van der Waals surface area contributed by atoms with Crippen LogP contribution in [0.2, 0.25) is 0 Å². The summed E-state index contributed by atoms with van der Waals surface area (Å²) in [5, 5.41) is 0. The van der Waals surface area contributed by atoms with E-state index in [-0.39, 0.29) is 0 Å². The molecular weight excluding hydrogens is 160 g/mol. The number of hydrogen-bond acceptors (Lipinski definition) is 1. The van der Waals surface area contributed by atoms with E-state index in [9.17, 15) is 4.79 Å². The molecule has 1 heteroatoms. The molecule has 1 aliphatic rings. The van der Waals surface area contributed by atoms with Crippen LogP contribution in [0.15, 0.2) is 30.3 Å². The lowest BCUT2D eigenvalue weighted by Crippen LogP contribution is -1.97. The Kier molecular flexibility index (Phi) is 2.17. The highest BCUT2D eigenvalue weighted by atomic mass is 16.1. The van der Waals surface area contributed by atoms with Crippen molar-refractivity contribution in [3.05, 3.63) is 35.9 Å². The van der Waals surface area contributed by atoms with E-state index in [0.717, 1.165) is 12.7 Å². The van der Waals surface area contributed by atoms with Gasteiger partial charge in [-0.25, -0.2) is 0 Å². The van der Waals surface area contributed by atoms with E-state index in [4.69, 9.17) is 0 Å². The highest BCUT2D eigenvalue weighted by Gasteiger charge is 2.40. The van der Waals surface area contributed by atoms with Gasteiger partial charge in [-0.15, -0.1) is 0 Å². The molecule has 2 rings (SSSR count). The molecule has 1 saturated carbocycles. The van der Waals surface area contributed by atoms with Gasteiger partial charge in [0.05, 0.1) is 0 Å². The summed E-state index contributed by atoms with van der Waals surface area (Å²) < 4.78 is 0. The number of carbonyl (C=O) groups excluding carboxylic acids is 1. The van der Waals surface area contributed by atoms with Crippen molar-refractivity contribution in [2.45, 2.75) is 19.3 Å². The molecule has 0 aliphatic heterocycles. The fourth-order valence-corrected chi connectivity index (χ4v) is 1.97. The lowest BCUT2D eigenvalue weighted by molar-refractivity contribution is -0.109. The normalized spacial score (nSPS) is 28.1. The van der Waals surface area contributed by atoms with Gasteiger partial charge in [0, 0.05) is 5.92 Å². The maximum atomic E-state index is 10.5. The molecule has 1 aromatic rings. The van der Waals surface area contributed by atoms with Crippen LogP contribution in [0, 0.1) is 11.8 Å². The van der Waals surface area contributed by atoms with Crippen LogP contribution >= 0.6 is 0 Å². The molecular formula is C12H14O. The molecule has 1 fully saturated rings. The Morgan fingerprint density at radius 2 is 2.08 bits per heavy atom.